The molecule has 0 unspecified atom stereocenters. The molecule has 0 bridgehead atoms. The van der Waals surface area contributed by atoms with E-state index < -0.39 is 5.97 Å². The Bertz CT molecular complexity index is 3010. The Kier molecular flexibility index (Phi) is 20.2. The van der Waals surface area contributed by atoms with Crippen LogP contribution in [0.2, 0.25) is 0 Å². The third-order valence-electron chi connectivity index (χ3n) is 14.5. The lowest BCUT2D eigenvalue weighted by Gasteiger charge is -2.30. The summed E-state index contributed by atoms with van der Waals surface area (Å²) < 4.78 is 41.7. The summed E-state index contributed by atoms with van der Waals surface area (Å²) in [7, 11) is 9.84. The maximum atomic E-state index is 14.2. The van der Waals surface area contributed by atoms with Gasteiger partial charge in [0.1, 0.15) is 13.2 Å². The largest absolute Gasteiger partial charge is 0.493 e. The number of rotatable bonds is 30. The summed E-state index contributed by atoms with van der Waals surface area (Å²) in [6.45, 7) is 7.98. The van der Waals surface area contributed by atoms with Gasteiger partial charge < -0.3 is 48.1 Å². The number of aliphatic imine (C=N–C) groups is 2. The van der Waals surface area contributed by atoms with Gasteiger partial charge >= 0.3 is 5.97 Å². The van der Waals surface area contributed by atoms with E-state index in [1.165, 1.54) is 0 Å². The number of para-hydroxylation sites is 2. The molecule has 0 saturated carbocycles. The minimum Gasteiger partial charge on any atom is -0.493 e. The second-order valence-electron chi connectivity index (χ2n) is 21.1. The normalized spacial score (nSPS) is 15.6. The number of ether oxygens (including phenoxy) is 7. The smallest absolute Gasteiger partial charge is 0.303 e. The Morgan fingerprint density at radius 3 is 1.74 bits per heavy atom. The van der Waals surface area contributed by atoms with Crippen LogP contribution < -0.4 is 33.6 Å². The Morgan fingerprint density at radius 2 is 1.21 bits per heavy atom. The lowest BCUT2D eigenvalue weighted by molar-refractivity contribution is -0.137. The van der Waals surface area contributed by atoms with Crippen molar-refractivity contribution in [2.45, 2.75) is 82.4 Å². The van der Waals surface area contributed by atoms with Gasteiger partial charge in [0.15, 0.2) is 23.0 Å². The van der Waals surface area contributed by atoms with E-state index in [0.717, 1.165) is 39.3 Å². The van der Waals surface area contributed by atoms with Gasteiger partial charge in [0.05, 0.1) is 81.8 Å². The summed E-state index contributed by atoms with van der Waals surface area (Å²) in [5.74, 6) is 1.17. The molecule has 434 valence electrons. The van der Waals surface area contributed by atoms with Gasteiger partial charge in [-0.2, -0.15) is 0 Å². The fourth-order valence-electron chi connectivity index (χ4n) is 10.6. The second kappa shape index (κ2) is 27.8. The number of hydrogen-bond acceptors (Lipinski definition) is 16. The standard InChI is InChI=1S/C62H72N6O12S2/c1-62(2,82-81-26-12-18-59(70)71)40-65(3)58(69)17-11-19-66(20-21-77-24-25-78-23-22-74-4)45-28-41(38-79-56-34-50-48(32-54(56)75-5)60(72)67-46(36-63-50)30-43-13-7-9-15-52(43)67)27-42(29-45)39-80-57-35-51-49(33-55(57)76-6)61(73)68-47(37-64-51)31-44-14-8-10-16-53(44)68/h7-10,13-16,27-29,32-37,46-47H,11-12,17-26,30-31,38-40H2,1-6H3,(H,70,71)/t46-,47-/m0/s1. The molecule has 3 amide bonds. The Hall–Kier alpha value is -7.10. The van der Waals surface area contributed by atoms with E-state index in [1.54, 1.807) is 81.9 Å². The Balaban J connectivity index is 0.973. The number of carboxylic acid groups (broad SMARTS) is 1. The summed E-state index contributed by atoms with van der Waals surface area (Å²) in [5.41, 5.74) is 8.13. The average molecular weight is 1160 g/mol. The highest BCUT2D eigenvalue weighted by Crippen LogP contribution is 2.44. The summed E-state index contributed by atoms with van der Waals surface area (Å²) in [6, 6.07) is 28.4. The van der Waals surface area contributed by atoms with Crippen molar-refractivity contribution in [1.82, 2.24) is 4.90 Å². The minimum atomic E-state index is -0.802. The number of benzene rings is 5. The molecule has 18 nitrogen and oxygen atoms in total. The fourth-order valence-corrected chi connectivity index (χ4v) is 13.2. The van der Waals surface area contributed by atoms with Crippen molar-refractivity contribution < 1.29 is 57.4 Å². The number of carbonyl (C=O) groups excluding carboxylic acids is 3. The monoisotopic (exact) mass is 1160 g/mol. The quantitative estimate of drug-likeness (QED) is 0.0337. The van der Waals surface area contributed by atoms with Crippen LogP contribution in [0.4, 0.5) is 28.4 Å². The zero-order valence-electron chi connectivity index (χ0n) is 47.4. The van der Waals surface area contributed by atoms with E-state index in [9.17, 15) is 19.2 Å². The molecule has 0 spiro atoms. The minimum absolute atomic E-state index is 0.0158. The number of methoxy groups -OCH3 is 3. The highest BCUT2D eigenvalue weighted by atomic mass is 33.1. The van der Waals surface area contributed by atoms with Crippen molar-refractivity contribution >= 4 is 86.1 Å². The van der Waals surface area contributed by atoms with Crippen molar-refractivity contribution in [3.05, 3.63) is 124 Å². The summed E-state index contributed by atoms with van der Waals surface area (Å²) in [6.07, 6.45) is 6.55. The van der Waals surface area contributed by atoms with Crippen LogP contribution in [0.3, 0.4) is 0 Å². The molecule has 82 heavy (non-hydrogen) atoms. The zero-order chi connectivity index (χ0) is 57.8. The Morgan fingerprint density at radius 1 is 0.671 bits per heavy atom. The zero-order valence-corrected chi connectivity index (χ0v) is 49.1. The number of fused-ring (bicyclic) bond motifs is 8. The van der Waals surface area contributed by atoms with Crippen LogP contribution in [0.25, 0.3) is 0 Å². The molecule has 4 heterocycles. The van der Waals surface area contributed by atoms with Crippen molar-refractivity contribution in [2.24, 2.45) is 9.98 Å². The third kappa shape index (κ3) is 14.6. The van der Waals surface area contributed by atoms with Gasteiger partial charge in [-0.1, -0.05) is 58.0 Å². The average Bonchev–Trinajstić information content (AvgIpc) is 4.19. The van der Waals surface area contributed by atoms with E-state index >= 15 is 0 Å². The number of aliphatic carboxylic acids is 1. The highest BCUT2D eigenvalue weighted by molar-refractivity contribution is 8.77. The molecule has 5 aromatic rings. The van der Waals surface area contributed by atoms with Gasteiger partial charge in [-0.3, -0.25) is 39.0 Å². The molecule has 4 aliphatic rings. The van der Waals surface area contributed by atoms with Crippen LogP contribution in [-0.2, 0) is 49.9 Å². The molecule has 9 rings (SSSR count). The maximum absolute atomic E-state index is 14.2. The van der Waals surface area contributed by atoms with E-state index in [2.05, 4.69) is 30.9 Å². The van der Waals surface area contributed by atoms with Gasteiger partial charge in [-0.25, -0.2) is 0 Å². The first kappa shape index (κ1) is 59.5. The predicted octanol–water partition coefficient (Wildman–Crippen LogP) is 10.2. The van der Waals surface area contributed by atoms with Crippen LogP contribution >= 0.6 is 21.6 Å². The maximum Gasteiger partial charge on any atom is 0.303 e. The topological polar surface area (TPSA) is 191 Å². The molecular weight excluding hydrogens is 1080 g/mol. The number of carboxylic acids is 1. The van der Waals surface area contributed by atoms with Gasteiger partial charge in [0.2, 0.25) is 5.91 Å². The number of anilines is 3. The predicted molar refractivity (Wildman–Crippen MR) is 322 cm³/mol. The first-order chi connectivity index (χ1) is 39.7. The van der Waals surface area contributed by atoms with Crippen molar-refractivity contribution in [3.63, 3.8) is 0 Å². The molecule has 0 aliphatic carbocycles. The van der Waals surface area contributed by atoms with E-state index in [0.29, 0.717) is 136 Å². The molecule has 0 saturated heterocycles. The lowest BCUT2D eigenvalue weighted by Crippen LogP contribution is -2.38. The third-order valence-corrected chi connectivity index (χ3v) is 17.9. The molecule has 5 aromatic carbocycles. The fraction of sp³-hybridized carbons (Fsp3) is 0.419. The van der Waals surface area contributed by atoms with E-state index in [-0.39, 0.29) is 54.2 Å². The van der Waals surface area contributed by atoms with Gasteiger partial charge in [0, 0.05) is 112 Å². The molecule has 20 heteroatoms. The SMILES string of the molecule is COCCOCCOCCN(CCCC(=O)N(C)CC(C)(C)SSCCCC(=O)O)c1cc(COc2cc3c(cc2OC)C(=O)N2c4ccccc4C[C@H]2C=N3)cc(COc2cc3c(cc2OC)C(=O)N2c4ccccc4C[C@H]2C=N3)c1. The summed E-state index contributed by atoms with van der Waals surface area (Å²) in [4.78, 5) is 70.5. The van der Waals surface area contributed by atoms with Crippen LogP contribution in [-0.4, -0.2) is 150 Å². The number of carbonyl (C=O) groups is 4. The molecule has 2 atom stereocenters. The molecule has 0 fully saturated rings. The number of nitrogens with zero attached hydrogens (tertiary/aromatic N) is 6. The molecule has 0 radical (unpaired) electrons. The van der Waals surface area contributed by atoms with Crippen LogP contribution in [0.15, 0.2) is 101 Å². The van der Waals surface area contributed by atoms with Crippen LogP contribution in [0, 0.1) is 0 Å². The molecule has 1 N–H and O–H groups in total. The second-order valence-corrected chi connectivity index (χ2v) is 24.2. The molecular formula is C62H72N6O12S2. The summed E-state index contributed by atoms with van der Waals surface area (Å²) >= 11 is 0. The number of hydrogen-bond donors (Lipinski definition) is 1. The van der Waals surface area contributed by atoms with E-state index in [4.69, 9.17) is 48.2 Å². The lowest BCUT2D eigenvalue weighted by atomic mass is 10.1. The van der Waals surface area contributed by atoms with Crippen LogP contribution in [0.1, 0.15) is 82.5 Å². The van der Waals surface area contributed by atoms with Crippen molar-refractivity contribution in [2.75, 3.05) is 101 Å². The molecule has 4 aliphatic heterocycles. The van der Waals surface area contributed by atoms with Gasteiger partial charge in [-0.05, 0) is 91.4 Å². The van der Waals surface area contributed by atoms with Gasteiger partial charge in [0.25, 0.3) is 11.8 Å². The first-order valence-electron chi connectivity index (χ1n) is 27.6. The highest BCUT2D eigenvalue weighted by Gasteiger charge is 2.38. The van der Waals surface area contributed by atoms with Crippen molar-refractivity contribution in [1.29, 1.82) is 0 Å². The van der Waals surface area contributed by atoms with Gasteiger partial charge in [-0.15, -0.1) is 0 Å². The van der Waals surface area contributed by atoms with E-state index in [1.807, 2.05) is 74.1 Å². The molecule has 0 aromatic heterocycles. The summed E-state index contributed by atoms with van der Waals surface area (Å²) in [5, 5.41) is 9.04. The first-order valence-corrected chi connectivity index (χ1v) is 30.0. The number of amides is 3. The van der Waals surface area contributed by atoms with Crippen LogP contribution in [0.5, 0.6) is 23.0 Å². The Labute approximate surface area is 487 Å². The van der Waals surface area contributed by atoms with Crippen molar-refractivity contribution in [3.8, 4) is 23.0 Å².